The van der Waals surface area contributed by atoms with Gasteiger partial charge in [0, 0.05) is 13.1 Å². The molecule has 0 fully saturated rings. The third-order valence-electron chi connectivity index (χ3n) is 2.40. The Bertz CT molecular complexity index is 434. The van der Waals surface area contributed by atoms with Gasteiger partial charge in [0.25, 0.3) is 0 Å². The number of hydrogen-bond donors (Lipinski definition) is 2. The third-order valence-corrected chi connectivity index (χ3v) is 2.40. The van der Waals surface area contributed by atoms with E-state index in [9.17, 15) is 15.2 Å². The fraction of sp³-hybridized carbons (Fsp3) is 0.727. The Morgan fingerprint density at radius 3 is 2.61 bits per heavy atom. The van der Waals surface area contributed by atoms with Gasteiger partial charge in [-0.05, 0) is 27.2 Å². The van der Waals surface area contributed by atoms with Crippen LogP contribution in [0, 0.1) is 17.0 Å². The van der Waals surface area contributed by atoms with Gasteiger partial charge in [0.2, 0.25) is 5.82 Å². The zero-order valence-corrected chi connectivity index (χ0v) is 11.2. The lowest BCUT2D eigenvalue weighted by molar-refractivity contribution is -0.384. The number of aryl methyl sites for hydroxylation is 2. The van der Waals surface area contributed by atoms with E-state index in [4.69, 9.17) is 0 Å². The van der Waals surface area contributed by atoms with Gasteiger partial charge >= 0.3 is 5.69 Å². The first-order valence-electron chi connectivity index (χ1n) is 5.94. The number of hydrogen-bond acceptors (Lipinski definition) is 5. The molecule has 0 saturated heterocycles. The van der Waals surface area contributed by atoms with Gasteiger partial charge in [0.05, 0.1) is 10.5 Å². The molecule has 1 heterocycles. The maximum absolute atomic E-state index is 11.0. The smallest absolute Gasteiger partial charge is 0.333 e. The first-order valence-corrected chi connectivity index (χ1v) is 5.94. The van der Waals surface area contributed by atoms with E-state index < -0.39 is 10.5 Å². The molecule has 0 aliphatic carbocycles. The van der Waals surface area contributed by atoms with Crippen LogP contribution in [0.3, 0.4) is 0 Å². The molecule has 0 radical (unpaired) electrons. The Kier molecular flexibility index (Phi) is 4.28. The summed E-state index contributed by atoms with van der Waals surface area (Å²) in [6.07, 6.45) is 0.829. The molecule has 0 spiro atoms. The van der Waals surface area contributed by atoms with Crippen molar-refractivity contribution in [3.05, 3.63) is 15.8 Å². The van der Waals surface area contributed by atoms with E-state index in [0.29, 0.717) is 18.1 Å². The number of nitro groups is 1. The molecule has 102 valence electrons. The van der Waals surface area contributed by atoms with Crippen LogP contribution in [0.15, 0.2) is 0 Å². The lowest BCUT2D eigenvalue weighted by Crippen LogP contribution is -2.30. The second-order valence-corrected chi connectivity index (χ2v) is 4.93. The highest BCUT2D eigenvalue weighted by Crippen LogP contribution is 2.28. The zero-order chi connectivity index (χ0) is 13.9. The number of aliphatic hydroxyl groups is 1. The lowest BCUT2D eigenvalue weighted by Gasteiger charge is -2.18. The van der Waals surface area contributed by atoms with E-state index in [2.05, 4.69) is 10.4 Å². The number of anilines is 1. The van der Waals surface area contributed by atoms with Crippen LogP contribution in [0.2, 0.25) is 0 Å². The molecule has 18 heavy (non-hydrogen) atoms. The van der Waals surface area contributed by atoms with E-state index in [0.717, 1.165) is 6.42 Å². The predicted molar refractivity (Wildman–Crippen MR) is 68.7 cm³/mol. The van der Waals surface area contributed by atoms with E-state index >= 15 is 0 Å². The summed E-state index contributed by atoms with van der Waals surface area (Å²) in [7, 11) is 0. The second kappa shape index (κ2) is 5.34. The minimum atomic E-state index is -0.941. The summed E-state index contributed by atoms with van der Waals surface area (Å²) in [5.74, 6) is 0.362. The number of nitrogens with zero attached hydrogens (tertiary/aromatic N) is 3. The van der Waals surface area contributed by atoms with Crippen molar-refractivity contribution in [2.24, 2.45) is 0 Å². The van der Waals surface area contributed by atoms with Gasteiger partial charge in [-0.2, -0.15) is 5.10 Å². The van der Waals surface area contributed by atoms with Gasteiger partial charge < -0.3 is 10.4 Å². The molecule has 0 amide bonds. The molecule has 0 aromatic carbocycles. The SMILES string of the molecule is CCCn1nc(C)c([N+](=O)[O-])c1NCC(C)(C)O. The van der Waals surface area contributed by atoms with Gasteiger partial charge in [-0.1, -0.05) is 6.92 Å². The highest BCUT2D eigenvalue weighted by molar-refractivity contribution is 5.59. The Morgan fingerprint density at radius 2 is 2.17 bits per heavy atom. The number of rotatable bonds is 6. The molecule has 1 rings (SSSR count). The topological polar surface area (TPSA) is 93.2 Å². The molecule has 2 N–H and O–H groups in total. The number of nitrogens with one attached hydrogen (secondary N) is 1. The van der Waals surface area contributed by atoms with Crippen molar-refractivity contribution < 1.29 is 10.0 Å². The third kappa shape index (κ3) is 3.43. The molecular formula is C11H20N4O3. The fourth-order valence-corrected chi connectivity index (χ4v) is 1.64. The van der Waals surface area contributed by atoms with Gasteiger partial charge in [0.15, 0.2) is 0 Å². The van der Waals surface area contributed by atoms with Gasteiger partial charge in [0.1, 0.15) is 5.69 Å². The van der Waals surface area contributed by atoms with Gasteiger partial charge in [-0.15, -0.1) is 0 Å². The normalized spacial score (nSPS) is 11.6. The van der Waals surface area contributed by atoms with E-state index in [1.165, 1.54) is 0 Å². The Labute approximate surface area is 106 Å². The molecule has 1 aromatic rings. The summed E-state index contributed by atoms with van der Waals surface area (Å²) < 4.78 is 1.58. The van der Waals surface area contributed by atoms with Crippen molar-refractivity contribution in [2.45, 2.75) is 46.3 Å². The molecule has 0 unspecified atom stereocenters. The highest BCUT2D eigenvalue weighted by atomic mass is 16.6. The minimum absolute atomic E-state index is 0.0206. The summed E-state index contributed by atoms with van der Waals surface area (Å²) in [6.45, 7) is 7.69. The van der Waals surface area contributed by atoms with Crippen LogP contribution >= 0.6 is 0 Å². The van der Waals surface area contributed by atoms with Crippen LogP contribution < -0.4 is 5.32 Å². The Morgan fingerprint density at radius 1 is 1.56 bits per heavy atom. The average molecular weight is 256 g/mol. The number of aromatic nitrogens is 2. The van der Waals surface area contributed by atoms with E-state index in [1.807, 2.05) is 6.92 Å². The standard InChI is InChI=1S/C11H20N4O3/c1-5-6-14-10(12-7-11(3,4)16)9(15(17)18)8(2)13-14/h12,16H,5-7H2,1-4H3. The first kappa shape index (κ1) is 14.4. The maximum atomic E-state index is 11.0. The quantitative estimate of drug-likeness (QED) is 0.596. The van der Waals surface area contributed by atoms with Crippen molar-refractivity contribution >= 4 is 11.5 Å². The maximum Gasteiger partial charge on any atom is 0.333 e. The molecule has 0 aliphatic heterocycles. The monoisotopic (exact) mass is 256 g/mol. The second-order valence-electron chi connectivity index (χ2n) is 4.93. The lowest BCUT2D eigenvalue weighted by atomic mass is 10.1. The van der Waals surface area contributed by atoms with Gasteiger partial charge in [-0.25, -0.2) is 4.68 Å². The molecular weight excluding hydrogens is 236 g/mol. The molecule has 0 bridgehead atoms. The van der Waals surface area contributed by atoms with Crippen molar-refractivity contribution in [1.29, 1.82) is 0 Å². The summed E-state index contributed by atoms with van der Waals surface area (Å²) in [6, 6.07) is 0. The summed E-state index contributed by atoms with van der Waals surface area (Å²) in [5, 5.41) is 27.8. The fourth-order valence-electron chi connectivity index (χ4n) is 1.64. The molecule has 0 aliphatic rings. The Hall–Kier alpha value is -1.63. The van der Waals surface area contributed by atoms with Crippen LogP contribution in [0.25, 0.3) is 0 Å². The van der Waals surface area contributed by atoms with Crippen molar-refractivity contribution in [3.8, 4) is 0 Å². The van der Waals surface area contributed by atoms with Crippen molar-refractivity contribution in [1.82, 2.24) is 9.78 Å². The Balaban J connectivity index is 3.07. The average Bonchev–Trinajstić information content (AvgIpc) is 2.51. The zero-order valence-electron chi connectivity index (χ0n) is 11.2. The van der Waals surface area contributed by atoms with Gasteiger partial charge in [-0.3, -0.25) is 10.1 Å². The van der Waals surface area contributed by atoms with E-state index in [1.54, 1.807) is 25.5 Å². The minimum Gasteiger partial charge on any atom is -0.389 e. The predicted octanol–water partition coefficient (Wildman–Crippen LogP) is 1.69. The van der Waals surface area contributed by atoms with Crippen molar-refractivity contribution in [2.75, 3.05) is 11.9 Å². The highest BCUT2D eigenvalue weighted by Gasteiger charge is 2.26. The van der Waals surface area contributed by atoms with Crippen LogP contribution in [-0.2, 0) is 6.54 Å². The van der Waals surface area contributed by atoms with E-state index in [-0.39, 0.29) is 12.2 Å². The van der Waals surface area contributed by atoms with Crippen LogP contribution in [-0.4, -0.2) is 32.0 Å². The molecule has 0 atom stereocenters. The molecule has 7 nitrogen and oxygen atoms in total. The molecule has 7 heteroatoms. The first-order chi connectivity index (χ1) is 8.26. The van der Waals surface area contributed by atoms with Crippen LogP contribution in [0.4, 0.5) is 11.5 Å². The summed E-state index contributed by atoms with van der Waals surface area (Å²) in [4.78, 5) is 10.6. The molecule has 0 saturated carbocycles. The summed E-state index contributed by atoms with van der Waals surface area (Å²) >= 11 is 0. The van der Waals surface area contributed by atoms with Crippen LogP contribution in [0.1, 0.15) is 32.9 Å². The van der Waals surface area contributed by atoms with Crippen molar-refractivity contribution in [3.63, 3.8) is 0 Å². The molecule has 1 aromatic heterocycles. The largest absolute Gasteiger partial charge is 0.389 e. The summed E-state index contributed by atoms with van der Waals surface area (Å²) in [5.41, 5.74) is -0.581. The van der Waals surface area contributed by atoms with Crippen LogP contribution in [0.5, 0.6) is 0 Å².